The van der Waals surface area contributed by atoms with E-state index in [1.54, 1.807) is 12.2 Å². The first-order valence-electron chi connectivity index (χ1n) is 11.7. The maximum absolute atomic E-state index is 12.2. The molecule has 32 heavy (non-hydrogen) atoms. The number of hydrogen-bond donors (Lipinski definition) is 2. The van der Waals surface area contributed by atoms with Crippen LogP contribution in [0.25, 0.3) is 0 Å². The van der Waals surface area contributed by atoms with E-state index in [2.05, 4.69) is 34.9 Å². The molecule has 0 saturated carbocycles. The van der Waals surface area contributed by atoms with Crippen molar-refractivity contribution in [1.29, 1.82) is 0 Å². The molecule has 2 unspecified atom stereocenters. The Labute approximate surface area is 190 Å². The molecule has 2 aliphatic rings. The highest BCUT2D eigenvalue weighted by molar-refractivity contribution is 5.92. The largest absolute Gasteiger partial charge is 0.388 e. The van der Waals surface area contributed by atoms with Crippen LogP contribution in [-0.2, 0) is 9.59 Å². The Morgan fingerprint density at radius 1 is 0.594 bits per heavy atom. The monoisotopic (exact) mass is 428 g/mol. The summed E-state index contributed by atoms with van der Waals surface area (Å²) in [5, 5.41) is 6.94. The first kappa shape index (κ1) is 22.1. The van der Waals surface area contributed by atoms with Gasteiger partial charge < -0.3 is 10.6 Å². The molecule has 166 valence electrons. The van der Waals surface area contributed by atoms with Crippen LogP contribution in [0, 0.1) is 0 Å². The Morgan fingerprint density at radius 2 is 1.00 bits per heavy atom. The van der Waals surface area contributed by atoms with E-state index in [1.807, 2.05) is 36.4 Å². The van der Waals surface area contributed by atoms with E-state index in [0.717, 1.165) is 50.2 Å². The van der Waals surface area contributed by atoms with Crippen molar-refractivity contribution >= 4 is 11.6 Å². The van der Waals surface area contributed by atoms with E-state index in [4.69, 9.17) is 0 Å². The number of allylic oxidation sites excluding steroid dienone is 4. The van der Waals surface area contributed by atoms with Crippen molar-refractivity contribution in [3.05, 3.63) is 95.3 Å². The van der Waals surface area contributed by atoms with Gasteiger partial charge in [-0.2, -0.15) is 0 Å². The molecule has 4 heteroatoms. The molecule has 2 aromatic rings. The molecule has 0 heterocycles. The Morgan fingerprint density at radius 3 is 1.41 bits per heavy atom. The lowest BCUT2D eigenvalue weighted by Crippen LogP contribution is -2.25. The van der Waals surface area contributed by atoms with Crippen LogP contribution >= 0.6 is 0 Å². The summed E-state index contributed by atoms with van der Waals surface area (Å²) in [4.78, 5) is 24.3. The smallest absolute Gasteiger partial charge is 0.158 e. The van der Waals surface area contributed by atoms with E-state index in [9.17, 15) is 9.59 Å². The van der Waals surface area contributed by atoms with E-state index < -0.39 is 0 Å². The second-order valence-electron chi connectivity index (χ2n) is 8.86. The average molecular weight is 429 g/mol. The van der Waals surface area contributed by atoms with Crippen LogP contribution in [0.2, 0.25) is 0 Å². The molecule has 2 N–H and O–H groups in total. The Hall–Kier alpha value is -3.14. The highest BCUT2D eigenvalue weighted by Crippen LogP contribution is 2.31. The van der Waals surface area contributed by atoms with Crippen molar-refractivity contribution in [2.24, 2.45) is 0 Å². The van der Waals surface area contributed by atoms with Gasteiger partial charge in [0.05, 0.1) is 0 Å². The molecule has 2 aliphatic carbocycles. The molecule has 0 saturated heterocycles. The third-order valence-electron chi connectivity index (χ3n) is 6.35. The summed E-state index contributed by atoms with van der Waals surface area (Å²) >= 11 is 0. The summed E-state index contributed by atoms with van der Waals surface area (Å²) in [5.74, 6) is 0.949. The third kappa shape index (κ3) is 6.19. The van der Waals surface area contributed by atoms with E-state index in [1.165, 1.54) is 11.1 Å². The molecule has 4 rings (SSSR count). The highest BCUT2D eigenvalue weighted by Gasteiger charge is 2.23. The molecule has 0 aliphatic heterocycles. The van der Waals surface area contributed by atoms with Crippen LogP contribution in [0.5, 0.6) is 0 Å². The van der Waals surface area contributed by atoms with Crippen LogP contribution in [0.3, 0.4) is 0 Å². The van der Waals surface area contributed by atoms with Crippen molar-refractivity contribution in [1.82, 2.24) is 10.6 Å². The summed E-state index contributed by atoms with van der Waals surface area (Å²) in [7, 11) is 0. The van der Waals surface area contributed by atoms with Crippen molar-refractivity contribution in [2.75, 3.05) is 13.1 Å². The quantitative estimate of drug-likeness (QED) is 0.552. The number of nitrogens with one attached hydrogen (secondary N) is 2. The van der Waals surface area contributed by atoms with Crippen LogP contribution in [-0.4, -0.2) is 24.7 Å². The van der Waals surface area contributed by atoms with Crippen LogP contribution in [0.15, 0.2) is 84.2 Å². The zero-order valence-corrected chi connectivity index (χ0v) is 18.6. The predicted molar refractivity (Wildman–Crippen MR) is 128 cm³/mol. The molecular weight excluding hydrogens is 396 g/mol. The van der Waals surface area contributed by atoms with Gasteiger partial charge in [0.1, 0.15) is 0 Å². The Kier molecular flexibility index (Phi) is 7.55. The molecule has 0 spiro atoms. The molecule has 4 nitrogen and oxygen atoms in total. The summed E-state index contributed by atoms with van der Waals surface area (Å²) in [6.07, 6.45) is 8.55. The number of unbranched alkanes of at least 4 members (excludes halogenated alkanes) is 1. The molecule has 0 fully saturated rings. The lowest BCUT2D eigenvalue weighted by atomic mass is 9.85. The number of carbonyl (C=O) groups is 2. The van der Waals surface area contributed by atoms with Crippen LogP contribution in [0.1, 0.15) is 61.5 Å². The topological polar surface area (TPSA) is 58.2 Å². The fourth-order valence-electron chi connectivity index (χ4n) is 4.70. The third-order valence-corrected chi connectivity index (χ3v) is 6.35. The van der Waals surface area contributed by atoms with Crippen molar-refractivity contribution in [3.8, 4) is 0 Å². The van der Waals surface area contributed by atoms with E-state index >= 15 is 0 Å². The Bertz CT molecular complexity index is 898. The molecular formula is C28H32N2O2. The predicted octanol–water partition coefficient (Wildman–Crippen LogP) is 5.01. The van der Waals surface area contributed by atoms with Gasteiger partial charge in [-0.15, -0.1) is 0 Å². The number of carbonyl (C=O) groups excluding carboxylic acids is 2. The summed E-state index contributed by atoms with van der Waals surface area (Å²) in [5.41, 5.74) is 4.58. The van der Waals surface area contributed by atoms with Crippen molar-refractivity contribution < 1.29 is 9.59 Å². The zero-order valence-electron chi connectivity index (χ0n) is 18.6. The molecule has 0 bridgehead atoms. The molecule has 0 aromatic heterocycles. The molecule has 2 aromatic carbocycles. The maximum atomic E-state index is 12.2. The maximum Gasteiger partial charge on any atom is 0.158 e. The van der Waals surface area contributed by atoms with Gasteiger partial charge in [0.2, 0.25) is 0 Å². The second kappa shape index (κ2) is 10.9. The van der Waals surface area contributed by atoms with Gasteiger partial charge in [-0.3, -0.25) is 9.59 Å². The molecule has 0 radical (unpaired) electrons. The summed E-state index contributed by atoms with van der Waals surface area (Å²) in [6, 6.07) is 20.6. The van der Waals surface area contributed by atoms with E-state index in [-0.39, 0.29) is 23.4 Å². The van der Waals surface area contributed by atoms with Gasteiger partial charge in [-0.1, -0.05) is 60.7 Å². The zero-order chi connectivity index (χ0) is 22.2. The van der Waals surface area contributed by atoms with Gasteiger partial charge in [0, 0.05) is 49.5 Å². The van der Waals surface area contributed by atoms with Gasteiger partial charge in [0.15, 0.2) is 11.6 Å². The normalized spacial score (nSPS) is 21.0. The standard InChI is InChI=1S/C28H32N2O2/c31-27-17-23(21-9-3-1-4-10-21)15-25(19-27)29-13-7-8-14-30-26-16-24(18-28(32)20-26)22-11-5-2-6-12-22/h1-6,9-12,19-20,23-24,29-30H,7-8,13-18H2. The van der Waals surface area contributed by atoms with E-state index in [0.29, 0.717) is 12.8 Å². The first-order chi connectivity index (χ1) is 15.7. The fraction of sp³-hybridized carbons (Fsp3) is 0.357. The number of ketones is 2. The van der Waals surface area contributed by atoms with Crippen LogP contribution in [0.4, 0.5) is 0 Å². The minimum Gasteiger partial charge on any atom is -0.388 e. The summed E-state index contributed by atoms with van der Waals surface area (Å²) in [6.45, 7) is 1.71. The lowest BCUT2D eigenvalue weighted by molar-refractivity contribution is -0.116. The van der Waals surface area contributed by atoms with Gasteiger partial charge >= 0.3 is 0 Å². The number of hydrogen-bond acceptors (Lipinski definition) is 4. The van der Waals surface area contributed by atoms with Gasteiger partial charge in [-0.05, 0) is 48.6 Å². The fourth-order valence-corrected chi connectivity index (χ4v) is 4.70. The van der Waals surface area contributed by atoms with Crippen LogP contribution < -0.4 is 10.6 Å². The Balaban J connectivity index is 1.17. The van der Waals surface area contributed by atoms with Crippen molar-refractivity contribution in [2.45, 2.75) is 50.4 Å². The second-order valence-corrected chi connectivity index (χ2v) is 8.86. The SMILES string of the molecule is O=C1C=C(NCCCCNC2=CC(=O)CC(c3ccccc3)C2)CC(c2ccccc2)C1. The number of rotatable bonds is 9. The summed E-state index contributed by atoms with van der Waals surface area (Å²) < 4.78 is 0. The van der Waals surface area contributed by atoms with Gasteiger partial charge in [0.25, 0.3) is 0 Å². The highest BCUT2D eigenvalue weighted by atomic mass is 16.1. The van der Waals surface area contributed by atoms with Crippen molar-refractivity contribution in [3.63, 3.8) is 0 Å². The first-order valence-corrected chi connectivity index (χ1v) is 11.7. The average Bonchev–Trinajstić information content (AvgIpc) is 2.82. The molecule has 0 amide bonds. The van der Waals surface area contributed by atoms with Gasteiger partial charge in [-0.25, -0.2) is 0 Å². The minimum atomic E-state index is 0.205. The minimum absolute atomic E-state index is 0.205. The molecule has 2 atom stereocenters. The lowest BCUT2D eigenvalue weighted by Gasteiger charge is -2.24. The number of benzene rings is 2.